The Morgan fingerprint density at radius 3 is 2.17 bits per heavy atom. The van der Waals surface area contributed by atoms with Crippen molar-refractivity contribution in [2.45, 2.75) is 77.4 Å². The van der Waals surface area contributed by atoms with Crippen molar-refractivity contribution in [3.8, 4) is 0 Å². The minimum absolute atomic E-state index is 0.00376. The van der Waals surface area contributed by atoms with Gasteiger partial charge in [0, 0.05) is 51.7 Å². The first-order valence-corrected chi connectivity index (χ1v) is 15.3. The third-order valence-electron chi connectivity index (χ3n) is 8.73. The van der Waals surface area contributed by atoms with Crippen LogP contribution >= 0.6 is 0 Å². The number of urea groups is 1. The summed E-state index contributed by atoms with van der Waals surface area (Å²) in [7, 11) is 1.33. The molecule has 3 saturated heterocycles. The number of nitrogens with one attached hydrogen (secondary N) is 1. The second kappa shape index (κ2) is 14.2. The number of carbonyl (C=O) groups is 4. The molecule has 42 heavy (non-hydrogen) atoms. The number of rotatable bonds is 6. The Balaban J connectivity index is 1.24. The molecule has 3 aliphatic heterocycles. The number of esters is 1. The lowest BCUT2D eigenvalue weighted by Gasteiger charge is -2.42. The molecule has 0 spiro atoms. The van der Waals surface area contributed by atoms with Crippen LogP contribution in [0.1, 0.15) is 77.3 Å². The highest BCUT2D eigenvalue weighted by Gasteiger charge is 2.36. The van der Waals surface area contributed by atoms with Gasteiger partial charge in [0.2, 0.25) is 5.91 Å². The van der Waals surface area contributed by atoms with E-state index in [4.69, 9.17) is 9.47 Å². The number of hydrogen-bond acceptors (Lipinski definition) is 7. The molecule has 1 aromatic heterocycles. The number of amides is 4. The molecule has 232 valence electrons. The lowest BCUT2D eigenvalue weighted by molar-refractivity contribution is -0.141. The highest BCUT2D eigenvalue weighted by atomic mass is 16.6. The van der Waals surface area contributed by atoms with Gasteiger partial charge in [0.05, 0.1) is 25.5 Å². The Morgan fingerprint density at radius 1 is 0.952 bits per heavy atom. The SMILES string of the molecule is COC(=O)C[C@H](NC(=O)[C@@H]1CCCN(C(=O)N2CCC(C3CCN(C(=O)OC(C)(C)C)CC3)CC2)C1)c1cccnc1. The van der Waals surface area contributed by atoms with Crippen molar-refractivity contribution >= 4 is 24.0 Å². The second-order valence-electron chi connectivity index (χ2n) is 12.8. The maximum Gasteiger partial charge on any atom is 0.410 e. The van der Waals surface area contributed by atoms with Gasteiger partial charge in [-0.15, -0.1) is 0 Å². The lowest BCUT2D eigenvalue weighted by Crippen LogP contribution is -2.52. The fraction of sp³-hybridized carbons (Fsp3) is 0.710. The summed E-state index contributed by atoms with van der Waals surface area (Å²) < 4.78 is 10.4. The van der Waals surface area contributed by atoms with Gasteiger partial charge in [0.15, 0.2) is 0 Å². The number of pyridine rings is 1. The first-order chi connectivity index (χ1) is 20.0. The number of carbonyl (C=O) groups excluding carboxylic acids is 4. The minimum Gasteiger partial charge on any atom is -0.469 e. The van der Waals surface area contributed by atoms with Crippen LogP contribution < -0.4 is 5.32 Å². The van der Waals surface area contributed by atoms with Crippen molar-refractivity contribution in [3.63, 3.8) is 0 Å². The van der Waals surface area contributed by atoms with Crippen molar-refractivity contribution in [2.75, 3.05) is 46.4 Å². The van der Waals surface area contributed by atoms with Crippen molar-refractivity contribution in [3.05, 3.63) is 30.1 Å². The fourth-order valence-electron chi connectivity index (χ4n) is 6.38. The van der Waals surface area contributed by atoms with E-state index in [-0.39, 0.29) is 30.4 Å². The highest BCUT2D eigenvalue weighted by Crippen LogP contribution is 2.33. The highest BCUT2D eigenvalue weighted by molar-refractivity contribution is 5.82. The van der Waals surface area contributed by atoms with Gasteiger partial charge in [-0.1, -0.05) is 6.07 Å². The summed E-state index contributed by atoms with van der Waals surface area (Å²) in [5.74, 6) is 0.186. The Morgan fingerprint density at radius 2 is 1.60 bits per heavy atom. The molecule has 1 N–H and O–H groups in total. The van der Waals surface area contributed by atoms with Gasteiger partial charge in [-0.05, 0) is 82.8 Å². The van der Waals surface area contributed by atoms with Crippen LogP contribution in [0.5, 0.6) is 0 Å². The molecule has 0 radical (unpaired) electrons. The van der Waals surface area contributed by atoms with Crippen LogP contribution in [0.2, 0.25) is 0 Å². The largest absolute Gasteiger partial charge is 0.469 e. The molecule has 0 saturated carbocycles. The summed E-state index contributed by atoms with van der Waals surface area (Å²) in [5.41, 5.74) is 0.247. The molecule has 4 amide bonds. The Hall–Kier alpha value is -3.37. The smallest absolute Gasteiger partial charge is 0.410 e. The van der Waals surface area contributed by atoms with Crippen molar-refractivity contribution in [1.29, 1.82) is 0 Å². The van der Waals surface area contributed by atoms with Crippen molar-refractivity contribution < 1.29 is 28.7 Å². The van der Waals surface area contributed by atoms with E-state index in [9.17, 15) is 19.2 Å². The third kappa shape index (κ3) is 8.58. The van der Waals surface area contributed by atoms with Gasteiger partial charge in [-0.2, -0.15) is 0 Å². The average Bonchev–Trinajstić information content (AvgIpc) is 3.00. The number of nitrogens with zero attached hydrogens (tertiary/aromatic N) is 4. The van der Waals surface area contributed by atoms with Crippen LogP contribution in [0.15, 0.2) is 24.5 Å². The van der Waals surface area contributed by atoms with E-state index in [0.29, 0.717) is 44.4 Å². The summed E-state index contributed by atoms with van der Waals surface area (Å²) in [6.07, 6.45) is 8.36. The predicted octanol–water partition coefficient (Wildman–Crippen LogP) is 3.99. The Kier molecular flexibility index (Phi) is 10.7. The quantitative estimate of drug-likeness (QED) is 0.501. The van der Waals surface area contributed by atoms with Gasteiger partial charge in [0.1, 0.15) is 5.60 Å². The van der Waals surface area contributed by atoms with Crippen molar-refractivity contribution in [1.82, 2.24) is 25.0 Å². The molecule has 3 aliphatic rings. The van der Waals surface area contributed by atoms with Crippen LogP contribution in [0.4, 0.5) is 9.59 Å². The first kappa shape index (κ1) is 31.6. The minimum atomic E-state index is -0.542. The van der Waals surface area contributed by atoms with Gasteiger partial charge in [0.25, 0.3) is 0 Å². The van der Waals surface area contributed by atoms with Gasteiger partial charge in [-0.25, -0.2) is 9.59 Å². The second-order valence-corrected chi connectivity index (χ2v) is 12.8. The zero-order chi connectivity index (χ0) is 30.3. The summed E-state index contributed by atoms with van der Waals surface area (Å²) >= 11 is 0. The summed E-state index contributed by atoms with van der Waals surface area (Å²) in [6.45, 7) is 9.53. The third-order valence-corrected chi connectivity index (χ3v) is 8.73. The first-order valence-electron chi connectivity index (χ1n) is 15.3. The monoisotopic (exact) mass is 585 g/mol. The number of hydrogen-bond donors (Lipinski definition) is 1. The Bertz CT molecular complexity index is 1080. The van der Waals surface area contributed by atoms with Crippen LogP contribution in [-0.2, 0) is 19.1 Å². The van der Waals surface area contributed by atoms with E-state index in [0.717, 1.165) is 50.8 Å². The molecule has 0 unspecified atom stereocenters. The molecule has 4 heterocycles. The predicted molar refractivity (Wildman–Crippen MR) is 156 cm³/mol. The summed E-state index contributed by atoms with van der Waals surface area (Å²) in [6, 6.07) is 3.05. The molecule has 2 atom stereocenters. The van der Waals surface area contributed by atoms with E-state index in [2.05, 4.69) is 10.3 Å². The van der Waals surface area contributed by atoms with E-state index in [1.807, 2.05) is 41.5 Å². The van der Waals surface area contributed by atoms with Crippen molar-refractivity contribution in [2.24, 2.45) is 17.8 Å². The zero-order valence-electron chi connectivity index (χ0n) is 25.5. The van der Waals surface area contributed by atoms with Gasteiger partial charge in [-0.3, -0.25) is 14.6 Å². The van der Waals surface area contributed by atoms with Gasteiger partial charge >= 0.3 is 18.1 Å². The van der Waals surface area contributed by atoms with Crippen LogP contribution in [0.3, 0.4) is 0 Å². The van der Waals surface area contributed by atoms with Crippen LogP contribution in [-0.4, -0.2) is 95.7 Å². The molecular formula is C31H47N5O6. The molecule has 11 nitrogen and oxygen atoms in total. The van der Waals surface area contributed by atoms with Crippen LogP contribution in [0, 0.1) is 17.8 Å². The fourth-order valence-corrected chi connectivity index (χ4v) is 6.38. The molecule has 1 aromatic rings. The molecule has 0 bridgehead atoms. The number of aromatic nitrogens is 1. The maximum absolute atomic E-state index is 13.5. The maximum atomic E-state index is 13.5. The molecule has 3 fully saturated rings. The van der Waals surface area contributed by atoms with E-state index in [1.165, 1.54) is 7.11 Å². The number of ether oxygens (including phenoxy) is 2. The number of methoxy groups -OCH3 is 1. The normalized spacial score (nSPS) is 21.4. The number of likely N-dealkylation sites (tertiary alicyclic amines) is 3. The van der Waals surface area contributed by atoms with E-state index >= 15 is 0 Å². The number of piperidine rings is 3. The van der Waals surface area contributed by atoms with Gasteiger partial charge < -0.3 is 29.5 Å². The molecule has 4 rings (SSSR count). The molecular weight excluding hydrogens is 538 g/mol. The standard InChI is InChI=1S/C31H47N5O6/c1-31(2,3)42-30(40)35-17-11-23(12-18-35)22-9-15-34(16-10-22)29(39)36-14-6-8-25(21-36)28(38)33-26(19-27(37)41-4)24-7-5-13-32-20-24/h5,7,13,20,22-23,25-26H,6,8-12,14-19,21H2,1-4H3,(H,33,38)/t25-,26+/m1/s1. The van der Waals surface area contributed by atoms with E-state index in [1.54, 1.807) is 18.5 Å². The molecule has 0 aliphatic carbocycles. The molecule has 0 aromatic carbocycles. The van der Waals surface area contributed by atoms with Crippen LogP contribution in [0.25, 0.3) is 0 Å². The Labute approximate surface area is 249 Å². The average molecular weight is 586 g/mol. The zero-order valence-corrected chi connectivity index (χ0v) is 25.5. The van der Waals surface area contributed by atoms with E-state index < -0.39 is 17.6 Å². The topological polar surface area (TPSA) is 121 Å². The molecule has 11 heteroatoms. The lowest BCUT2D eigenvalue weighted by atomic mass is 9.79. The summed E-state index contributed by atoms with van der Waals surface area (Å²) in [4.78, 5) is 60.8. The summed E-state index contributed by atoms with van der Waals surface area (Å²) in [5, 5.41) is 3.01.